The van der Waals surface area contributed by atoms with Gasteiger partial charge < -0.3 is 24.8 Å². The number of aliphatic hydroxyl groups excluding tert-OH is 2. The van der Waals surface area contributed by atoms with Crippen molar-refractivity contribution in [3.05, 3.63) is 41.0 Å². The fourth-order valence-electron chi connectivity index (χ4n) is 4.03. The van der Waals surface area contributed by atoms with Crippen LogP contribution in [0.2, 0.25) is 0 Å². The van der Waals surface area contributed by atoms with E-state index in [4.69, 9.17) is 0 Å². The molecule has 0 aromatic rings. The third-order valence-electron chi connectivity index (χ3n) is 4.67. The maximum absolute atomic E-state index is 9.30. The summed E-state index contributed by atoms with van der Waals surface area (Å²) in [6.45, 7) is 5.16. The Balaban J connectivity index is 0.00000121. The smallest absolute Gasteiger partial charge is 1.00 e. The van der Waals surface area contributed by atoms with Gasteiger partial charge in [0.2, 0.25) is 0 Å². The maximum atomic E-state index is 9.30. The van der Waals surface area contributed by atoms with E-state index in [-0.39, 0.29) is 43.4 Å². The van der Waals surface area contributed by atoms with Crippen LogP contribution < -0.4 is 24.8 Å². The Labute approximate surface area is 156 Å². The van der Waals surface area contributed by atoms with Crippen molar-refractivity contribution in [2.45, 2.75) is 39.5 Å². The summed E-state index contributed by atoms with van der Waals surface area (Å²) in [6, 6.07) is 0. The molecule has 0 radical (unpaired) electrons. The van der Waals surface area contributed by atoms with E-state index in [0.717, 1.165) is 25.7 Å². The first-order valence-electron chi connectivity index (χ1n) is 7.44. The molecule has 1 aliphatic heterocycles. The van der Waals surface area contributed by atoms with E-state index in [1.165, 1.54) is 11.1 Å². The Hall–Kier alpha value is 0.343. The van der Waals surface area contributed by atoms with Crippen molar-refractivity contribution in [3.8, 4) is 0 Å². The second-order valence-electron chi connectivity index (χ2n) is 6.27. The van der Waals surface area contributed by atoms with Gasteiger partial charge in [-0.3, -0.25) is 0 Å². The van der Waals surface area contributed by atoms with Gasteiger partial charge in [0.05, 0.1) is 0 Å². The van der Waals surface area contributed by atoms with Crippen molar-refractivity contribution >= 4 is 0 Å². The van der Waals surface area contributed by atoms with Gasteiger partial charge in [-0.05, 0) is 0 Å². The van der Waals surface area contributed by atoms with Gasteiger partial charge in [-0.2, -0.15) is 0 Å². The fraction of sp³-hybridized carbons (Fsp3) is 0.529. The second-order valence-corrected chi connectivity index (χ2v) is 9.85. The third kappa shape index (κ3) is 3.26. The number of allylic oxidation sites excluding steroid dienone is 6. The standard InChI is InChI=1S/C17H22O2.2ClH.Zr/c1-17(2,15-7-3-5-13(15)9-11-18)16-8-4-6-14(16)10-12-19;;;/h5-6,18-19H,3-4,9-12H2,1-2H3;2*1H;/q;;;+2/p-2. The van der Waals surface area contributed by atoms with Gasteiger partial charge in [-0.15, -0.1) is 0 Å². The van der Waals surface area contributed by atoms with Crippen molar-refractivity contribution in [3.63, 3.8) is 0 Å². The van der Waals surface area contributed by atoms with Crippen LogP contribution in [0.3, 0.4) is 0 Å². The number of hydrogen-bond acceptors (Lipinski definition) is 2. The first kappa shape index (κ1) is 20.4. The molecule has 22 heavy (non-hydrogen) atoms. The minimum Gasteiger partial charge on any atom is -1.00 e. The molecule has 0 fully saturated rings. The van der Waals surface area contributed by atoms with Crippen molar-refractivity contribution < 1.29 is 58.3 Å². The number of halogens is 2. The molecule has 2 aliphatic carbocycles. The topological polar surface area (TPSA) is 40.5 Å². The van der Waals surface area contributed by atoms with Crippen LogP contribution in [0.25, 0.3) is 0 Å². The minimum absolute atomic E-state index is 0. The molecule has 5 heteroatoms. The Morgan fingerprint density at radius 2 is 1.32 bits per heavy atom. The summed E-state index contributed by atoms with van der Waals surface area (Å²) in [5.41, 5.74) is 5.93. The van der Waals surface area contributed by atoms with Crippen LogP contribution >= 0.6 is 0 Å². The van der Waals surface area contributed by atoms with Gasteiger partial charge in [-0.1, -0.05) is 0 Å². The van der Waals surface area contributed by atoms with Crippen LogP contribution in [0.4, 0.5) is 0 Å². The van der Waals surface area contributed by atoms with Crippen LogP contribution in [0, 0.1) is 5.41 Å². The molecule has 2 N–H and O–H groups in total. The average Bonchev–Trinajstić information content (AvgIpc) is 2.97. The summed E-state index contributed by atoms with van der Waals surface area (Å²) in [5, 5.41) is 18.6. The monoisotopic (exact) mass is 418 g/mol. The van der Waals surface area contributed by atoms with Crippen LogP contribution in [0.1, 0.15) is 39.5 Å². The van der Waals surface area contributed by atoms with Crippen LogP contribution in [0.5, 0.6) is 0 Å². The molecule has 120 valence electrons. The van der Waals surface area contributed by atoms with Crippen LogP contribution in [-0.2, 0) is 23.2 Å². The van der Waals surface area contributed by atoms with Gasteiger partial charge in [0.1, 0.15) is 0 Å². The van der Waals surface area contributed by atoms with Crippen molar-refractivity contribution in [2.75, 3.05) is 13.2 Å². The van der Waals surface area contributed by atoms with E-state index >= 15 is 0 Å². The summed E-state index contributed by atoms with van der Waals surface area (Å²) in [4.78, 5) is 0. The molecule has 0 spiro atoms. The van der Waals surface area contributed by atoms with Crippen molar-refractivity contribution in [2.24, 2.45) is 5.41 Å². The number of rotatable bonds is 4. The number of aliphatic hydroxyl groups is 2. The van der Waals surface area contributed by atoms with Gasteiger partial charge in [0.15, 0.2) is 0 Å². The fourth-order valence-corrected chi connectivity index (χ4v) is 8.87. The molecular weight excluding hydrogens is 398 g/mol. The molecule has 0 saturated heterocycles. The molecule has 3 aliphatic rings. The largest absolute Gasteiger partial charge is 1.00 e. The Kier molecular flexibility index (Phi) is 7.36. The minimum atomic E-state index is -0.621. The molecule has 0 aromatic heterocycles. The zero-order chi connectivity index (χ0) is 14.3. The molecule has 0 saturated carbocycles. The van der Waals surface area contributed by atoms with E-state index in [9.17, 15) is 10.2 Å². The zero-order valence-corrected chi connectivity index (χ0v) is 17.0. The summed E-state index contributed by atoms with van der Waals surface area (Å²) in [5.74, 6) is 0. The van der Waals surface area contributed by atoms with Crippen molar-refractivity contribution in [1.29, 1.82) is 0 Å². The van der Waals surface area contributed by atoms with Crippen molar-refractivity contribution in [1.82, 2.24) is 0 Å². The molecule has 3 rings (SSSR count). The second kappa shape index (κ2) is 7.94. The molecule has 0 bridgehead atoms. The Morgan fingerprint density at radius 3 is 1.68 bits per heavy atom. The maximum Gasteiger partial charge on any atom is -1.00 e. The van der Waals surface area contributed by atoms with E-state index < -0.39 is 23.2 Å². The Morgan fingerprint density at radius 1 is 0.909 bits per heavy atom. The molecule has 0 amide bonds. The predicted octanol–water partition coefficient (Wildman–Crippen LogP) is -2.95. The van der Waals surface area contributed by atoms with Gasteiger partial charge in [0.25, 0.3) is 0 Å². The summed E-state index contributed by atoms with van der Waals surface area (Å²) >= 11 is -0.621. The van der Waals surface area contributed by atoms with Crippen LogP contribution in [-0.4, -0.2) is 23.4 Å². The van der Waals surface area contributed by atoms with E-state index in [1.807, 2.05) is 0 Å². The summed E-state index contributed by atoms with van der Waals surface area (Å²) < 4.78 is 3.44. The Bertz CT molecular complexity index is 523. The summed E-state index contributed by atoms with van der Waals surface area (Å²) in [6.07, 6.45) is 8.55. The first-order chi connectivity index (χ1) is 9.59. The SMILES string of the molecule is CC1(C)C2=[C](CC=C2CCO)[Zr+2][C]2=C1C(CCO)=CC2.[Cl-].[Cl-]. The normalized spacial score (nSPS) is 20.9. The van der Waals surface area contributed by atoms with Gasteiger partial charge in [0, 0.05) is 0 Å². The molecule has 0 unspecified atom stereocenters. The molecule has 0 atom stereocenters. The molecule has 2 nitrogen and oxygen atoms in total. The molecular formula is C17H22Cl2O2Zr. The molecule has 1 heterocycles. The van der Waals surface area contributed by atoms with E-state index in [1.54, 1.807) is 17.7 Å². The quantitative estimate of drug-likeness (QED) is 0.511. The van der Waals surface area contributed by atoms with Crippen LogP contribution in [0.15, 0.2) is 41.0 Å². The number of hydrogen-bond donors (Lipinski definition) is 2. The zero-order valence-electron chi connectivity index (χ0n) is 13.0. The average molecular weight is 420 g/mol. The predicted molar refractivity (Wildman–Crippen MR) is 76.6 cm³/mol. The first-order valence-corrected chi connectivity index (χ1v) is 9.90. The van der Waals surface area contributed by atoms with Gasteiger partial charge in [-0.25, -0.2) is 0 Å². The molecule has 0 aromatic carbocycles. The van der Waals surface area contributed by atoms with Gasteiger partial charge >= 0.3 is 133 Å². The third-order valence-corrected chi connectivity index (χ3v) is 8.38. The van der Waals surface area contributed by atoms with E-state index in [2.05, 4.69) is 26.0 Å². The summed E-state index contributed by atoms with van der Waals surface area (Å²) in [7, 11) is 0. The van der Waals surface area contributed by atoms with E-state index in [0.29, 0.717) is 0 Å².